The van der Waals surface area contributed by atoms with Gasteiger partial charge in [-0.15, -0.1) is 0 Å². The van der Waals surface area contributed by atoms with Gasteiger partial charge in [0.15, 0.2) is 11.5 Å². The maximum atomic E-state index is 5.85. The predicted octanol–water partition coefficient (Wildman–Crippen LogP) is 0.661. The van der Waals surface area contributed by atoms with Crippen molar-refractivity contribution in [3.8, 4) is 22.6 Å². The number of nitrogens with two attached hydrogens (primary N) is 3. The van der Waals surface area contributed by atoms with Gasteiger partial charge in [0.05, 0.1) is 5.56 Å². The monoisotopic (exact) mass is 259 g/mol. The summed E-state index contributed by atoms with van der Waals surface area (Å²) in [5.41, 5.74) is 18.5. The highest BCUT2D eigenvalue weighted by Crippen LogP contribution is 2.37. The third-order valence-corrected chi connectivity index (χ3v) is 2.81. The standard InChI is InChI=1S/C12H13N5O2/c13-10-9(11(14)17-12(15)16-10)6-1-2-7-8(5-6)19-4-3-18-7/h1-2,5H,3-4H2,(H6,13,14,15,16,17). The van der Waals surface area contributed by atoms with E-state index >= 15 is 0 Å². The van der Waals surface area contributed by atoms with E-state index in [0.717, 1.165) is 5.56 Å². The Morgan fingerprint density at radius 1 is 0.895 bits per heavy atom. The first-order chi connectivity index (χ1) is 9.15. The summed E-state index contributed by atoms with van der Waals surface area (Å²) in [5, 5.41) is 0. The molecule has 0 amide bonds. The number of nitrogens with zero attached hydrogens (tertiary/aromatic N) is 2. The molecule has 0 saturated carbocycles. The van der Waals surface area contributed by atoms with Crippen LogP contribution in [0.15, 0.2) is 18.2 Å². The Morgan fingerprint density at radius 2 is 1.53 bits per heavy atom. The predicted molar refractivity (Wildman–Crippen MR) is 71.7 cm³/mol. The van der Waals surface area contributed by atoms with Crippen molar-refractivity contribution >= 4 is 17.6 Å². The zero-order valence-electron chi connectivity index (χ0n) is 10.1. The van der Waals surface area contributed by atoms with Crippen molar-refractivity contribution in [1.29, 1.82) is 0 Å². The van der Waals surface area contributed by atoms with Crippen molar-refractivity contribution < 1.29 is 9.47 Å². The van der Waals surface area contributed by atoms with E-state index in [2.05, 4.69) is 9.97 Å². The molecule has 1 aliphatic heterocycles. The van der Waals surface area contributed by atoms with Crippen LogP contribution in [0.25, 0.3) is 11.1 Å². The topological polar surface area (TPSA) is 122 Å². The summed E-state index contributed by atoms with van der Waals surface area (Å²) < 4.78 is 11.0. The molecule has 1 aromatic heterocycles. The highest BCUT2D eigenvalue weighted by molar-refractivity contribution is 5.84. The fourth-order valence-electron chi connectivity index (χ4n) is 2.01. The molecule has 0 bridgehead atoms. The van der Waals surface area contributed by atoms with Crippen LogP contribution in [0.5, 0.6) is 11.5 Å². The molecule has 0 spiro atoms. The molecule has 2 aromatic rings. The van der Waals surface area contributed by atoms with Crippen molar-refractivity contribution in [2.45, 2.75) is 0 Å². The number of rotatable bonds is 1. The molecule has 0 aliphatic carbocycles. The molecule has 98 valence electrons. The van der Waals surface area contributed by atoms with Gasteiger partial charge in [0, 0.05) is 0 Å². The van der Waals surface area contributed by atoms with Crippen LogP contribution in [0.3, 0.4) is 0 Å². The number of nitrogen functional groups attached to an aromatic ring is 3. The fraction of sp³-hybridized carbons (Fsp3) is 0.167. The van der Waals surface area contributed by atoms with Crippen molar-refractivity contribution in [1.82, 2.24) is 9.97 Å². The lowest BCUT2D eigenvalue weighted by Crippen LogP contribution is -2.15. The van der Waals surface area contributed by atoms with E-state index in [0.29, 0.717) is 30.3 Å². The van der Waals surface area contributed by atoms with Crippen LogP contribution in [0.2, 0.25) is 0 Å². The quantitative estimate of drug-likeness (QED) is 0.687. The Morgan fingerprint density at radius 3 is 2.21 bits per heavy atom. The molecule has 0 unspecified atom stereocenters. The molecule has 0 fully saturated rings. The number of fused-ring (bicyclic) bond motifs is 1. The smallest absolute Gasteiger partial charge is 0.223 e. The van der Waals surface area contributed by atoms with Crippen molar-refractivity contribution in [2.75, 3.05) is 30.4 Å². The first kappa shape index (κ1) is 11.4. The Labute approximate surface area is 109 Å². The second kappa shape index (κ2) is 4.20. The maximum Gasteiger partial charge on any atom is 0.223 e. The van der Waals surface area contributed by atoms with Crippen LogP contribution < -0.4 is 26.7 Å². The molecule has 3 rings (SSSR count). The van der Waals surface area contributed by atoms with Crippen LogP contribution >= 0.6 is 0 Å². The van der Waals surface area contributed by atoms with E-state index in [-0.39, 0.29) is 17.6 Å². The van der Waals surface area contributed by atoms with Gasteiger partial charge in [0.1, 0.15) is 24.8 Å². The lowest BCUT2D eigenvalue weighted by atomic mass is 10.1. The summed E-state index contributed by atoms with van der Waals surface area (Å²) in [6.07, 6.45) is 0. The van der Waals surface area contributed by atoms with Crippen LogP contribution in [0, 0.1) is 0 Å². The first-order valence-corrected chi connectivity index (χ1v) is 5.73. The number of ether oxygens (including phenoxy) is 2. The molecule has 2 heterocycles. The molecular formula is C12H13N5O2. The summed E-state index contributed by atoms with van der Waals surface area (Å²) in [7, 11) is 0. The average Bonchev–Trinajstić information content (AvgIpc) is 2.37. The first-order valence-electron chi connectivity index (χ1n) is 5.73. The second-order valence-electron chi connectivity index (χ2n) is 4.09. The summed E-state index contributed by atoms with van der Waals surface area (Å²) in [6.45, 7) is 1.06. The Hall–Kier alpha value is -2.70. The third kappa shape index (κ3) is 1.95. The van der Waals surface area contributed by atoms with Gasteiger partial charge in [-0.2, -0.15) is 9.97 Å². The van der Waals surface area contributed by atoms with Crippen LogP contribution in [0.1, 0.15) is 0 Å². The van der Waals surface area contributed by atoms with E-state index in [1.165, 1.54) is 0 Å². The van der Waals surface area contributed by atoms with E-state index in [1.54, 1.807) is 12.1 Å². The van der Waals surface area contributed by atoms with Crippen molar-refractivity contribution in [3.63, 3.8) is 0 Å². The summed E-state index contributed by atoms with van der Waals surface area (Å²) >= 11 is 0. The minimum atomic E-state index is 0.0521. The maximum absolute atomic E-state index is 5.85. The lowest BCUT2D eigenvalue weighted by molar-refractivity contribution is 0.171. The second-order valence-corrected chi connectivity index (χ2v) is 4.09. The highest BCUT2D eigenvalue weighted by atomic mass is 16.6. The molecule has 6 N–H and O–H groups in total. The number of benzene rings is 1. The lowest BCUT2D eigenvalue weighted by Gasteiger charge is -2.19. The largest absolute Gasteiger partial charge is 0.486 e. The molecule has 7 heteroatoms. The zero-order valence-corrected chi connectivity index (χ0v) is 10.1. The van der Waals surface area contributed by atoms with Gasteiger partial charge < -0.3 is 26.7 Å². The molecule has 0 radical (unpaired) electrons. The Bertz CT molecular complexity index is 621. The number of hydrogen-bond donors (Lipinski definition) is 3. The molecule has 0 atom stereocenters. The minimum absolute atomic E-state index is 0.0521. The van der Waals surface area contributed by atoms with Gasteiger partial charge in [-0.1, -0.05) is 6.07 Å². The van der Waals surface area contributed by atoms with Gasteiger partial charge >= 0.3 is 0 Å². The number of hydrogen-bond acceptors (Lipinski definition) is 7. The zero-order chi connectivity index (χ0) is 13.4. The van der Waals surface area contributed by atoms with Gasteiger partial charge in [0.25, 0.3) is 0 Å². The number of aromatic nitrogens is 2. The fourth-order valence-corrected chi connectivity index (χ4v) is 2.01. The molecule has 0 saturated heterocycles. The van der Waals surface area contributed by atoms with E-state index in [9.17, 15) is 0 Å². The van der Waals surface area contributed by atoms with E-state index in [1.807, 2.05) is 6.07 Å². The van der Waals surface area contributed by atoms with Crippen molar-refractivity contribution in [2.24, 2.45) is 0 Å². The van der Waals surface area contributed by atoms with Gasteiger partial charge in [-0.25, -0.2) is 0 Å². The SMILES string of the molecule is Nc1nc(N)c(-c2ccc3c(c2)OCCO3)c(N)n1. The average molecular weight is 259 g/mol. The summed E-state index contributed by atoms with van der Waals surface area (Å²) in [4.78, 5) is 7.83. The summed E-state index contributed by atoms with van der Waals surface area (Å²) in [6, 6.07) is 5.43. The molecule has 7 nitrogen and oxygen atoms in total. The molecular weight excluding hydrogens is 246 g/mol. The van der Waals surface area contributed by atoms with E-state index < -0.39 is 0 Å². The minimum Gasteiger partial charge on any atom is -0.486 e. The Balaban J connectivity index is 2.12. The van der Waals surface area contributed by atoms with Crippen LogP contribution in [-0.4, -0.2) is 23.2 Å². The third-order valence-electron chi connectivity index (χ3n) is 2.81. The van der Waals surface area contributed by atoms with Gasteiger partial charge in [0.2, 0.25) is 5.95 Å². The van der Waals surface area contributed by atoms with E-state index in [4.69, 9.17) is 26.7 Å². The molecule has 1 aliphatic rings. The van der Waals surface area contributed by atoms with Gasteiger partial charge in [-0.05, 0) is 17.7 Å². The Kier molecular flexibility index (Phi) is 2.52. The number of anilines is 3. The van der Waals surface area contributed by atoms with Crippen molar-refractivity contribution in [3.05, 3.63) is 18.2 Å². The normalized spacial score (nSPS) is 13.3. The van der Waals surface area contributed by atoms with Crippen LogP contribution in [0.4, 0.5) is 17.6 Å². The molecule has 1 aromatic carbocycles. The molecule has 19 heavy (non-hydrogen) atoms. The summed E-state index contributed by atoms with van der Waals surface area (Å²) in [5.74, 6) is 1.88. The highest BCUT2D eigenvalue weighted by Gasteiger charge is 2.16. The van der Waals surface area contributed by atoms with Gasteiger partial charge in [-0.3, -0.25) is 0 Å². The van der Waals surface area contributed by atoms with Crippen LogP contribution in [-0.2, 0) is 0 Å².